The van der Waals surface area contributed by atoms with Gasteiger partial charge in [0, 0.05) is 19.3 Å². The lowest BCUT2D eigenvalue weighted by molar-refractivity contribution is 0.594. The van der Waals surface area contributed by atoms with Crippen molar-refractivity contribution in [3.63, 3.8) is 0 Å². The third kappa shape index (κ3) is 7.88. The van der Waals surface area contributed by atoms with E-state index in [9.17, 15) is 16.8 Å². The van der Waals surface area contributed by atoms with Crippen LogP contribution in [-0.2, 0) is 26.2 Å². The Hall–Kier alpha value is -1.66. The summed E-state index contributed by atoms with van der Waals surface area (Å²) in [5.41, 5.74) is 1.54. The maximum absolute atomic E-state index is 12.4. The maximum Gasteiger partial charge on any atom is 0.191 e. The van der Waals surface area contributed by atoms with Crippen LogP contribution in [0.5, 0.6) is 0 Å². The average Bonchev–Trinajstić information content (AvgIpc) is 2.65. The van der Waals surface area contributed by atoms with Crippen molar-refractivity contribution in [1.29, 1.82) is 0 Å². The lowest BCUT2D eigenvalue weighted by Crippen LogP contribution is -2.39. The molecule has 30 heavy (non-hydrogen) atoms. The molecule has 0 saturated carbocycles. The molecule has 2 rings (SSSR count). The second kappa shape index (κ2) is 11.7. The van der Waals surface area contributed by atoms with E-state index < -0.39 is 19.7 Å². The lowest BCUT2D eigenvalue weighted by atomic mass is 10.1. The standard InChI is InChI=1S/C20H27N3O4S2.HI/c1-4-21-20(22-12-13-29(26,27)18-8-6-5-7-9-18)23-15-17-10-11-19(16(2)14-17)28(3,24)25;/h5-11,14H,4,12-13,15H2,1-3H3,(H2,21,22,23);1H. The van der Waals surface area contributed by atoms with Gasteiger partial charge in [0.25, 0.3) is 0 Å². The summed E-state index contributed by atoms with van der Waals surface area (Å²) in [5.74, 6) is 0.449. The molecule has 2 aromatic carbocycles. The number of benzene rings is 2. The van der Waals surface area contributed by atoms with Crippen LogP contribution in [0, 0.1) is 6.92 Å². The monoisotopic (exact) mass is 565 g/mol. The van der Waals surface area contributed by atoms with Crippen LogP contribution in [0.1, 0.15) is 18.1 Å². The van der Waals surface area contributed by atoms with Crippen molar-refractivity contribution in [2.45, 2.75) is 30.2 Å². The SMILES string of the molecule is CCNC(=NCc1ccc(S(C)(=O)=O)c(C)c1)NCCS(=O)(=O)c1ccccc1.I. The zero-order valence-corrected chi connectivity index (χ0v) is 21.2. The first-order chi connectivity index (χ1) is 13.6. The second-order valence-electron chi connectivity index (χ2n) is 6.63. The number of hydrogen-bond acceptors (Lipinski definition) is 5. The van der Waals surface area contributed by atoms with Crippen molar-refractivity contribution in [3.05, 3.63) is 59.7 Å². The molecule has 2 aromatic rings. The molecule has 0 unspecified atom stereocenters. The highest BCUT2D eigenvalue weighted by atomic mass is 127. The molecule has 166 valence electrons. The number of hydrogen-bond donors (Lipinski definition) is 2. The molecule has 2 N–H and O–H groups in total. The molecule has 0 heterocycles. The molecule has 0 atom stereocenters. The molecular formula is C20H28IN3O4S2. The normalized spacial score (nSPS) is 12.2. The summed E-state index contributed by atoms with van der Waals surface area (Å²) in [6, 6.07) is 13.4. The Morgan fingerprint density at radius 2 is 1.67 bits per heavy atom. The quantitative estimate of drug-likeness (QED) is 0.290. The third-order valence-electron chi connectivity index (χ3n) is 4.17. The number of nitrogens with one attached hydrogen (secondary N) is 2. The first kappa shape index (κ1) is 26.4. The fraction of sp³-hybridized carbons (Fsp3) is 0.350. The van der Waals surface area contributed by atoms with Gasteiger partial charge in [-0.2, -0.15) is 0 Å². The smallest absolute Gasteiger partial charge is 0.191 e. The molecule has 10 heteroatoms. The minimum atomic E-state index is -3.36. The summed E-state index contributed by atoms with van der Waals surface area (Å²) < 4.78 is 48.1. The Labute approximate surface area is 196 Å². The van der Waals surface area contributed by atoms with E-state index in [0.29, 0.717) is 34.4 Å². The highest BCUT2D eigenvalue weighted by molar-refractivity contribution is 14.0. The van der Waals surface area contributed by atoms with E-state index in [-0.39, 0.29) is 36.3 Å². The van der Waals surface area contributed by atoms with Gasteiger partial charge in [-0.05, 0) is 43.2 Å². The summed E-state index contributed by atoms with van der Waals surface area (Å²) >= 11 is 0. The predicted molar refractivity (Wildman–Crippen MR) is 131 cm³/mol. The van der Waals surface area contributed by atoms with Crippen LogP contribution in [0.15, 0.2) is 63.3 Å². The van der Waals surface area contributed by atoms with Gasteiger partial charge in [0.1, 0.15) is 0 Å². The van der Waals surface area contributed by atoms with Gasteiger partial charge in [-0.25, -0.2) is 21.8 Å². The van der Waals surface area contributed by atoms with Crippen molar-refractivity contribution >= 4 is 49.6 Å². The summed E-state index contributed by atoms with van der Waals surface area (Å²) in [6.45, 7) is 4.86. The van der Waals surface area contributed by atoms with Gasteiger partial charge in [-0.3, -0.25) is 0 Å². The lowest BCUT2D eigenvalue weighted by Gasteiger charge is -2.12. The van der Waals surface area contributed by atoms with Gasteiger partial charge in [-0.15, -0.1) is 24.0 Å². The highest BCUT2D eigenvalue weighted by Crippen LogP contribution is 2.17. The Morgan fingerprint density at radius 3 is 2.23 bits per heavy atom. The van der Waals surface area contributed by atoms with Crippen LogP contribution >= 0.6 is 24.0 Å². The molecule has 0 fully saturated rings. The van der Waals surface area contributed by atoms with Crippen molar-refractivity contribution in [2.24, 2.45) is 4.99 Å². The number of rotatable bonds is 8. The molecule has 0 aliphatic rings. The second-order valence-corrected chi connectivity index (χ2v) is 10.7. The molecule has 0 radical (unpaired) electrons. The highest BCUT2D eigenvalue weighted by Gasteiger charge is 2.14. The van der Waals surface area contributed by atoms with E-state index in [0.717, 1.165) is 5.56 Å². The van der Waals surface area contributed by atoms with Gasteiger partial charge >= 0.3 is 0 Å². The molecule has 0 aliphatic heterocycles. The van der Waals surface area contributed by atoms with Crippen molar-refractivity contribution in [2.75, 3.05) is 25.1 Å². The van der Waals surface area contributed by atoms with Crippen LogP contribution in [0.3, 0.4) is 0 Å². The fourth-order valence-electron chi connectivity index (χ4n) is 2.79. The summed E-state index contributed by atoms with van der Waals surface area (Å²) in [6.07, 6.45) is 1.18. The van der Waals surface area contributed by atoms with Gasteiger partial charge in [-0.1, -0.05) is 30.3 Å². The topological polar surface area (TPSA) is 105 Å². The number of aliphatic imine (C=N–C) groups is 1. The molecule has 0 bridgehead atoms. The van der Waals surface area contributed by atoms with Crippen molar-refractivity contribution in [1.82, 2.24) is 10.6 Å². The molecule has 7 nitrogen and oxygen atoms in total. The number of sulfone groups is 2. The average molecular weight is 565 g/mol. The molecule has 0 spiro atoms. The van der Waals surface area contributed by atoms with Gasteiger partial charge in [0.15, 0.2) is 25.6 Å². The maximum atomic E-state index is 12.4. The summed E-state index contributed by atoms with van der Waals surface area (Å²) in [7, 11) is -6.62. The van der Waals surface area contributed by atoms with Gasteiger partial charge in [0.2, 0.25) is 0 Å². The van der Waals surface area contributed by atoms with Crippen molar-refractivity contribution < 1.29 is 16.8 Å². The minimum Gasteiger partial charge on any atom is -0.357 e. The number of halogens is 1. The van der Waals surface area contributed by atoms with Crippen molar-refractivity contribution in [3.8, 4) is 0 Å². The number of nitrogens with zero attached hydrogens (tertiary/aromatic N) is 1. The Bertz CT molecular complexity index is 1070. The summed E-state index contributed by atoms with van der Waals surface area (Å²) in [4.78, 5) is 5.06. The first-order valence-corrected chi connectivity index (χ1v) is 12.8. The van der Waals surface area contributed by atoms with Crippen LogP contribution in [0.4, 0.5) is 0 Å². The van der Waals surface area contributed by atoms with Crippen LogP contribution in [0.25, 0.3) is 0 Å². The van der Waals surface area contributed by atoms with E-state index in [1.807, 2.05) is 6.92 Å². The fourth-order valence-corrected chi connectivity index (χ4v) is 4.92. The van der Waals surface area contributed by atoms with E-state index in [1.54, 1.807) is 55.5 Å². The number of guanidine groups is 1. The zero-order valence-electron chi connectivity index (χ0n) is 17.3. The molecule has 0 aromatic heterocycles. The van der Waals surface area contributed by atoms with E-state index in [4.69, 9.17) is 0 Å². The molecular weight excluding hydrogens is 537 g/mol. The largest absolute Gasteiger partial charge is 0.357 e. The van der Waals surface area contributed by atoms with Crippen LogP contribution in [-0.4, -0.2) is 47.9 Å². The van der Waals surface area contributed by atoms with E-state index in [1.165, 1.54) is 6.26 Å². The van der Waals surface area contributed by atoms with Crippen LogP contribution < -0.4 is 10.6 Å². The third-order valence-corrected chi connectivity index (χ3v) is 7.16. The Kier molecular flexibility index (Phi) is 10.2. The molecule has 0 aliphatic carbocycles. The van der Waals surface area contributed by atoms with Crippen LogP contribution in [0.2, 0.25) is 0 Å². The Balaban J connectivity index is 0.00000450. The predicted octanol–water partition coefficient (Wildman–Crippen LogP) is 2.55. The van der Waals surface area contributed by atoms with Gasteiger partial charge < -0.3 is 10.6 Å². The van der Waals surface area contributed by atoms with Gasteiger partial charge in [0.05, 0.1) is 22.1 Å². The summed E-state index contributed by atoms with van der Waals surface area (Å²) in [5, 5.41) is 6.11. The van der Waals surface area contributed by atoms with E-state index >= 15 is 0 Å². The zero-order chi connectivity index (χ0) is 21.5. The molecule has 0 saturated heterocycles. The first-order valence-electron chi connectivity index (χ1n) is 9.23. The minimum absolute atomic E-state index is 0. The number of aryl methyl sites for hydroxylation is 1. The Morgan fingerprint density at radius 1 is 1.00 bits per heavy atom. The molecule has 0 amide bonds. The van der Waals surface area contributed by atoms with E-state index in [2.05, 4.69) is 15.6 Å².